The third kappa shape index (κ3) is 3.35. The molecule has 0 heterocycles. The molecule has 0 aromatic heterocycles. The zero-order chi connectivity index (χ0) is 13.0. The van der Waals surface area contributed by atoms with Crippen molar-refractivity contribution in [1.29, 1.82) is 0 Å². The molecule has 3 N–H and O–H groups in total. The van der Waals surface area contributed by atoms with Crippen LogP contribution in [0.2, 0.25) is 0 Å². The minimum Gasteiger partial charge on any atom is -0.397 e. The van der Waals surface area contributed by atoms with Crippen molar-refractivity contribution in [2.45, 2.75) is 46.6 Å². The molecule has 0 saturated heterocycles. The van der Waals surface area contributed by atoms with Gasteiger partial charge in [0.1, 0.15) is 5.82 Å². The van der Waals surface area contributed by atoms with Gasteiger partial charge in [0.2, 0.25) is 0 Å². The zero-order valence-electron chi connectivity index (χ0n) is 11.2. The molecule has 2 nitrogen and oxygen atoms in total. The van der Waals surface area contributed by atoms with E-state index in [-0.39, 0.29) is 5.82 Å². The summed E-state index contributed by atoms with van der Waals surface area (Å²) in [5.74, 6) is 0.364. The quantitative estimate of drug-likeness (QED) is 0.762. The average Bonchev–Trinajstić information content (AvgIpc) is 2.27. The number of nitrogens with one attached hydrogen (secondary N) is 1. The molecule has 1 atom stereocenters. The largest absolute Gasteiger partial charge is 0.397 e. The highest BCUT2D eigenvalue weighted by Crippen LogP contribution is 2.25. The van der Waals surface area contributed by atoms with Crippen LogP contribution in [0.1, 0.15) is 39.2 Å². The predicted octanol–water partition coefficient (Wildman–Crippen LogP) is 3.95. The molecule has 96 valence electrons. The molecular formula is C14H23FN2. The van der Waals surface area contributed by atoms with Gasteiger partial charge in [-0.05, 0) is 37.5 Å². The van der Waals surface area contributed by atoms with Gasteiger partial charge in [-0.2, -0.15) is 0 Å². The fourth-order valence-electron chi connectivity index (χ4n) is 2.18. The number of nitrogens with two attached hydrogens (primary N) is 1. The third-order valence-corrected chi connectivity index (χ3v) is 3.47. The number of hydrogen-bond donors (Lipinski definition) is 2. The lowest BCUT2D eigenvalue weighted by atomic mass is 9.95. The van der Waals surface area contributed by atoms with Crippen molar-refractivity contribution >= 4 is 11.4 Å². The maximum atomic E-state index is 13.3. The molecule has 0 fully saturated rings. The molecular weight excluding hydrogens is 215 g/mol. The normalized spacial score (nSPS) is 12.8. The highest BCUT2D eigenvalue weighted by Gasteiger charge is 2.14. The van der Waals surface area contributed by atoms with Crippen molar-refractivity contribution < 1.29 is 4.39 Å². The molecule has 1 aromatic rings. The predicted molar refractivity (Wildman–Crippen MR) is 72.7 cm³/mol. The van der Waals surface area contributed by atoms with Crippen LogP contribution in [0.5, 0.6) is 0 Å². The lowest BCUT2D eigenvalue weighted by molar-refractivity contribution is 0.438. The molecule has 1 aromatic carbocycles. The van der Waals surface area contributed by atoms with Gasteiger partial charge in [-0.1, -0.05) is 26.7 Å². The molecule has 0 radical (unpaired) electrons. The van der Waals surface area contributed by atoms with Gasteiger partial charge in [0.05, 0.1) is 11.4 Å². The maximum absolute atomic E-state index is 13.3. The monoisotopic (exact) mass is 238 g/mol. The van der Waals surface area contributed by atoms with Crippen LogP contribution in [0.25, 0.3) is 0 Å². The van der Waals surface area contributed by atoms with Crippen LogP contribution >= 0.6 is 0 Å². The number of nitrogen functional groups attached to an aromatic ring is 1. The van der Waals surface area contributed by atoms with E-state index >= 15 is 0 Å². The number of rotatable bonds is 5. The Labute approximate surface area is 103 Å². The highest BCUT2D eigenvalue weighted by molar-refractivity contribution is 5.67. The molecule has 0 amide bonds. The van der Waals surface area contributed by atoms with Gasteiger partial charge in [0.15, 0.2) is 0 Å². The van der Waals surface area contributed by atoms with E-state index in [0.29, 0.717) is 23.2 Å². The summed E-state index contributed by atoms with van der Waals surface area (Å²) < 4.78 is 13.3. The summed E-state index contributed by atoms with van der Waals surface area (Å²) in [5, 5.41) is 3.39. The lowest BCUT2D eigenvalue weighted by Gasteiger charge is -2.24. The SMILES string of the molecule is CCC(CC)C(C)Nc1cc(C)c(F)cc1N. The van der Waals surface area contributed by atoms with E-state index in [1.165, 1.54) is 6.07 Å². The molecule has 0 aliphatic heterocycles. The van der Waals surface area contributed by atoms with Gasteiger partial charge in [-0.15, -0.1) is 0 Å². The topological polar surface area (TPSA) is 38.0 Å². The summed E-state index contributed by atoms with van der Waals surface area (Å²) in [4.78, 5) is 0. The number of halogens is 1. The van der Waals surface area contributed by atoms with Crippen LogP contribution < -0.4 is 11.1 Å². The van der Waals surface area contributed by atoms with Gasteiger partial charge in [-0.3, -0.25) is 0 Å². The van der Waals surface area contributed by atoms with Crippen LogP contribution in [0.4, 0.5) is 15.8 Å². The van der Waals surface area contributed by atoms with Gasteiger partial charge >= 0.3 is 0 Å². The first-order valence-electron chi connectivity index (χ1n) is 6.31. The third-order valence-electron chi connectivity index (χ3n) is 3.47. The molecule has 0 spiro atoms. The number of anilines is 2. The van der Waals surface area contributed by atoms with Crippen LogP contribution in [0.3, 0.4) is 0 Å². The maximum Gasteiger partial charge on any atom is 0.128 e. The Hall–Kier alpha value is -1.25. The van der Waals surface area contributed by atoms with E-state index in [4.69, 9.17) is 5.73 Å². The Kier molecular flexibility index (Phi) is 4.79. The summed E-state index contributed by atoms with van der Waals surface area (Å²) in [6.45, 7) is 8.27. The summed E-state index contributed by atoms with van der Waals surface area (Å²) in [5.41, 5.74) is 7.76. The van der Waals surface area contributed by atoms with Gasteiger partial charge in [0.25, 0.3) is 0 Å². The van der Waals surface area contributed by atoms with Crippen LogP contribution in [-0.2, 0) is 0 Å². The first-order valence-corrected chi connectivity index (χ1v) is 6.31. The van der Waals surface area contributed by atoms with Gasteiger partial charge < -0.3 is 11.1 Å². The van der Waals surface area contributed by atoms with E-state index in [9.17, 15) is 4.39 Å². The van der Waals surface area contributed by atoms with Crippen molar-refractivity contribution in [1.82, 2.24) is 0 Å². The first-order chi connectivity index (χ1) is 7.99. The standard InChI is InChI=1S/C14H23FN2/c1-5-11(6-2)10(4)17-14-7-9(3)12(15)8-13(14)16/h7-8,10-11,17H,5-6,16H2,1-4H3. The Morgan fingerprint density at radius 2 is 1.88 bits per heavy atom. The Bertz CT molecular complexity index is 373. The Balaban J connectivity index is 2.84. The van der Waals surface area contributed by atoms with E-state index in [1.54, 1.807) is 13.0 Å². The van der Waals surface area contributed by atoms with Crippen LogP contribution in [0.15, 0.2) is 12.1 Å². The first kappa shape index (κ1) is 13.8. The van der Waals surface area contributed by atoms with Crippen molar-refractivity contribution in [2.24, 2.45) is 5.92 Å². The van der Waals surface area contributed by atoms with E-state index in [0.717, 1.165) is 18.5 Å². The van der Waals surface area contributed by atoms with Gasteiger partial charge in [0, 0.05) is 6.04 Å². The molecule has 0 bridgehead atoms. The smallest absolute Gasteiger partial charge is 0.128 e. The molecule has 0 aliphatic carbocycles. The molecule has 3 heteroatoms. The fraction of sp³-hybridized carbons (Fsp3) is 0.571. The zero-order valence-corrected chi connectivity index (χ0v) is 11.2. The minimum absolute atomic E-state index is 0.247. The van der Waals surface area contributed by atoms with E-state index in [2.05, 4.69) is 26.1 Å². The average molecular weight is 238 g/mol. The van der Waals surface area contributed by atoms with Gasteiger partial charge in [-0.25, -0.2) is 4.39 Å². The fourth-order valence-corrected chi connectivity index (χ4v) is 2.18. The van der Waals surface area contributed by atoms with Crippen molar-refractivity contribution in [3.05, 3.63) is 23.5 Å². The van der Waals surface area contributed by atoms with E-state index < -0.39 is 0 Å². The van der Waals surface area contributed by atoms with Crippen LogP contribution in [-0.4, -0.2) is 6.04 Å². The minimum atomic E-state index is -0.247. The molecule has 0 saturated carbocycles. The van der Waals surface area contributed by atoms with E-state index in [1.807, 2.05) is 0 Å². The number of hydrogen-bond acceptors (Lipinski definition) is 2. The molecule has 1 unspecified atom stereocenters. The van der Waals surface area contributed by atoms with Crippen molar-refractivity contribution in [3.63, 3.8) is 0 Å². The number of aryl methyl sites for hydroxylation is 1. The summed E-state index contributed by atoms with van der Waals surface area (Å²) >= 11 is 0. The second-order valence-corrected chi connectivity index (χ2v) is 4.70. The number of benzene rings is 1. The lowest BCUT2D eigenvalue weighted by Crippen LogP contribution is -2.25. The van der Waals surface area contributed by atoms with Crippen molar-refractivity contribution in [2.75, 3.05) is 11.1 Å². The second-order valence-electron chi connectivity index (χ2n) is 4.70. The highest BCUT2D eigenvalue weighted by atomic mass is 19.1. The second kappa shape index (κ2) is 5.89. The summed E-state index contributed by atoms with van der Waals surface area (Å²) in [6, 6.07) is 3.51. The Morgan fingerprint density at radius 1 is 1.29 bits per heavy atom. The van der Waals surface area contributed by atoms with Crippen molar-refractivity contribution in [3.8, 4) is 0 Å². The molecule has 1 rings (SSSR count). The molecule has 0 aliphatic rings. The molecule has 17 heavy (non-hydrogen) atoms. The summed E-state index contributed by atoms with van der Waals surface area (Å²) in [7, 11) is 0. The van der Waals surface area contributed by atoms with Crippen LogP contribution in [0, 0.1) is 18.7 Å². The Morgan fingerprint density at radius 3 is 2.41 bits per heavy atom. The summed E-state index contributed by atoms with van der Waals surface area (Å²) in [6.07, 6.45) is 2.26.